The summed E-state index contributed by atoms with van der Waals surface area (Å²) in [5.41, 5.74) is 0. The predicted octanol–water partition coefficient (Wildman–Crippen LogP) is 1.17. The minimum Gasteiger partial charge on any atom is -0.470 e. The Labute approximate surface area is 64.0 Å². The van der Waals surface area contributed by atoms with E-state index in [0.717, 1.165) is 5.92 Å². The van der Waals surface area contributed by atoms with Crippen molar-refractivity contribution in [1.82, 2.24) is 5.32 Å². The molecule has 1 heterocycles. The average Bonchev–Trinajstić information content (AvgIpc) is 1.69. The molecule has 0 bridgehead atoms. The van der Waals surface area contributed by atoms with Crippen molar-refractivity contribution < 1.29 is 19.5 Å². The van der Waals surface area contributed by atoms with Crippen molar-refractivity contribution >= 4 is 0 Å². The van der Waals surface area contributed by atoms with Crippen LogP contribution in [0.2, 0.25) is 0 Å². The normalized spacial score (nSPS) is 28.9. The topological polar surface area (TPSA) is 12.0 Å². The summed E-state index contributed by atoms with van der Waals surface area (Å²) in [6, 6.07) is 0. The van der Waals surface area contributed by atoms with Crippen LogP contribution in [0.4, 0.5) is 0 Å². The zero-order valence-electron chi connectivity index (χ0n) is 5.11. The Hall–Kier alpha value is 0.583. The summed E-state index contributed by atoms with van der Waals surface area (Å²) in [6.45, 7) is 5.63. The first-order chi connectivity index (χ1) is 3.39. The fourth-order valence-electron chi connectivity index (χ4n) is 0.834. The minimum atomic E-state index is 0. The van der Waals surface area contributed by atoms with Crippen LogP contribution in [0.5, 0.6) is 0 Å². The van der Waals surface area contributed by atoms with Crippen LogP contribution in [0.25, 0.3) is 0 Å². The number of rotatable bonds is 0. The third-order valence-electron chi connectivity index (χ3n) is 1.45. The molecule has 2 heteroatoms. The maximum Gasteiger partial charge on any atom is 0 e. The van der Waals surface area contributed by atoms with Crippen molar-refractivity contribution in [2.24, 2.45) is 5.92 Å². The van der Waals surface area contributed by atoms with Gasteiger partial charge < -0.3 is 5.32 Å². The summed E-state index contributed by atoms with van der Waals surface area (Å²) < 4.78 is 0. The molecule has 1 saturated heterocycles. The fourth-order valence-corrected chi connectivity index (χ4v) is 0.834. The average molecular weight is 201 g/mol. The molecule has 1 aliphatic rings. The summed E-state index contributed by atoms with van der Waals surface area (Å²) in [7, 11) is 0. The van der Waals surface area contributed by atoms with Crippen LogP contribution in [0.3, 0.4) is 0 Å². The molecule has 0 amide bonds. The molecule has 8 heavy (non-hydrogen) atoms. The largest absolute Gasteiger partial charge is 0.470 e. The molecule has 1 radical (unpaired) electrons. The monoisotopic (exact) mass is 201 g/mol. The summed E-state index contributed by atoms with van der Waals surface area (Å²) in [5, 5.41) is 3.19. The number of nitrogens with one attached hydrogen (secondary N) is 1. The van der Waals surface area contributed by atoms with Gasteiger partial charge in [0.2, 0.25) is 0 Å². The van der Waals surface area contributed by atoms with Crippen LogP contribution in [0, 0.1) is 12.5 Å². The summed E-state index contributed by atoms with van der Waals surface area (Å²) >= 11 is 0. The molecule has 0 aromatic heterocycles. The molecule has 0 aliphatic carbocycles. The molecule has 0 spiro atoms. The summed E-state index contributed by atoms with van der Waals surface area (Å²) in [4.78, 5) is 0. The molecule has 51 valence electrons. The molecule has 0 aromatic carbocycles. The van der Waals surface area contributed by atoms with E-state index < -0.39 is 0 Å². The van der Waals surface area contributed by atoms with Crippen molar-refractivity contribution in [1.29, 1.82) is 0 Å². The third kappa shape index (κ3) is 2.79. The van der Waals surface area contributed by atoms with Gasteiger partial charge in [0.15, 0.2) is 0 Å². The van der Waals surface area contributed by atoms with Gasteiger partial charge in [0, 0.05) is 19.5 Å². The first-order valence-electron chi connectivity index (χ1n) is 2.94. The molecule has 1 nitrogen and oxygen atoms in total. The van der Waals surface area contributed by atoms with Crippen LogP contribution in [-0.4, -0.2) is 6.54 Å². The molecule has 1 rings (SSSR count). The molecule has 1 N–H and O–H groups in total. The third-order valence-corrected chi connectivity index (χ3v) is 1.45. The van der Waals surface area contributed by atoms with E-state index in [1.165, 1.54) is 19.4 Å². The van der Waals surface area contributed by atoms with Gasteiger partial charge in [-0.05, 0) is 13.0 Å². The predicted molar refractivity (Wildman–Crippen MR) is 30.7 cm³/mol. The first-order valence-corrected chi connectivity index (χ1v) is 2.94. The maximum atomic E-state index is 3.19. The smallest absolute Gasteiger partial charge is 0 e. The summed E-state index contributed by atoms with van der Waals surface area (Å²) in [5.74, 6) is 0.918. The number of hydrogen-bond donors (Lipinski definition) is 1. The van der Waals surface area contributed by atoms with E-state index in [4.69, 9.17) is 0 Å². The van der Waals surface area contributed by atoms with Crippen LogP contribution >= 0.6 is 0 Å². The van der Waals surface area contributed by atoms with E-state index in [1.54, 1.807) is 0 Å². The van der Waals surface area contributed by atoms with Crippen molar-refractivity contribution in [3.8, 4) is 0 Å². The van der Waals surface area contributed by atoms with E-state index >= 15 is 0 Å². The van der Waals surface area contributed by atoms with Crippen LogP contribution in [-0.2, 0) is 19.5 Å². The Morgan fingerprint density at radius 3 is 2.62 bits per heavy atom. The second-order valence-corrected chi connectivity index (χ2v) is 2.29. The van der Waals surface area contributed by atoms with E-state index in [0.29, 0.717) is 0 Å². The molecule has 1 fully saturated rings. The van der Waals surface area contributed by atoms with E-state index in [-0.39, 0.29) is 19.5 Å². The Morgan fingerprint density at radius 1 is 1.62 bits per heavy atom. The Balaban J connectivity index is 0.000000490. The second kappa shape index (κ2) is 4.46. The molecule has 0 aromatic rings. The fraction of sp³-hybridized carbons (Fsp3) is 0.833. The Morgan fingerprint density at radius 2 is 2.38 bits per heavy atom. The minimum absolute atomic E-state index is 0. The molecule has 1 unspecified atom stereocenters. The Kier molecular flexibility index (Phi) is 4.79. The van der Waals surface area contributed by atoms with E-state index in [9.17, 15) is 0 Å². The quantitative estimate of drug-likeness (QED) is 0.458. The van der Waals surface area contributed by atoms with Crippen LogP contribution < -0.4 is 5.32 Å². The van der Waals surface area contributed by atoms with Gasteiger partial charge >= 0.3 is 0 Å². The molecule has 1 atom stereocenters. The molecular formula is C6H12NRh-. The van der Waals surface area contributed by atoms with Crippen molar-refractivity contribution in [2.75, 3.05) is 6.54 Å². The molecule has 1 aliphatic heterocycles. The van der Waals surface area contributed by atoms with Crippen molar-refractivity contribution in [2.45, 2.75) is 19.8 Å². The number of piperidine rings is 1. The van der Waals surface area contributed by atoms with Gasteiger partial charge in [-0.2, -0.15) is 6.42 Å². The van der Waals surface area contributed by atoms with Gasteiger partial charge in [-0.15, -0.1) is 0 Å². The summed E-state index contributed by atoms with van der Waals surface area (Å²) in [6.07, 6.45) is 2.59. The van der Waals surface area contributed by atoms with E-state index in [2.05, 4.69) is 18.8 Å². The zero-order chi connectivity index (χ0) is 5.11. The molecule has 0 saturated carbocycles. The SMILES string of the molecule is CC1C[CH-]NCC1.[Rh]. The standard InChI is InChI=1S/C6H12N.Rh/c1-6-2-4-7-5-3-6;/h4,6-7H,2-3,5H2,1H3;/q-1;. The van der Waals surface area contributed by atoms with Gasteiger partial charge in [-0.1, -0.05) is 12.8 Å². The Bertz CT molecular complexity index is 50.5. The van der Waals surface area contributed by atoms with Gasteiger partial charge in [-0.3, -0.25) is 6.54 Å². The number of hydrogen-bond acceptors (Lipinski definition) is 1. The second-order valence-electron chi connectivity index (χ2n) is 2.29. The van der Waals surface area contributed by atoms with Gasteiger partial charge in [-0.25, -0.2) is 0 Å². The first kappa shape index (κ1) is 8.58. The van der Waals surface area contributed by atoms with Gasteiger partial charge in [0.25, 0.3) is 0 Å². The van der Waals surface area contributed by atoms with Gasteiger partial charge in [0.05, 0.1) is 0 Å². The van der Waals surface area contributed by atoms with Crippen molar-refractivity contribution in [3.63, 3.8) is 0 Å². The van der Waals surface area contributed by atoms with Crippen molar-refractivity contribution in [3.05, 3.63) is 6.54 Å². The van der Waals surface area contributed by atoms with Crippen LogP contribution in [0.1, 0.15) is 19.8 Å². The zero-order valence-corrected chi connectivity index (χ0v) is 6.75. The maximum absolute atomic E-state index is 3.19. The van der Waals surface area contributed by atoms with E-state index in [1.807, 2.05) is 0 Å². The van der Waals surface area contributed by atoms with Gasteiger partial charge in [0.1, 0.15) is 0 Å². The molecular weight excluding hydrogens is 189 g/mol. The van der Waals surface area contributed by atoms with Crippen LogP contribution in [0.15, 0.2) is 0 Å².